The third kappa shape index (κ3) is 3.88. The van der Waals surface area contributed by atoms with Gasteiger partial charge in [-0.3, -0.25) is 0 Å². The molecule has 1 nitrogen and oxygen atoms in total. The van der Waals surface area contributed by atoms with Gasteiger partial charge in [-0.05, 0) is 36.0 Å². The summed E-state index contributed by atoms with van der Waals surface area (Å²) in [5, 5.41) is 9.29. The Kier molecular flexibility index (Phi) is 5.37. The van der Waals surface area contributed by atoms with E-state index in [4.69, 9.17) is 0 Å². The molecule has 1 aromatic rings. The lowest BCUT2D eigenvalue weighted by Gasteiger charge is -2.21. The lowest BCUT2D eigenvalue weighted by Crippen LogP contribution is -2.06. The Morgan fingerprint density at radius 1 is 1.06 bits per heavy atom. The van der Waals surface area contributed by atoms with Gasteiger partial charge < -0.3 is 5.11 Å². The molecule has 0 aliphatic carbocycles. The van der Waals surface area contributed by atoms with Crippen LogP contribution in [0.1, 0.15) is 57.9 Å². The summed E-state index contributed by atoms with van der Waals surface area (Å²) in [6.07, 6.45) is 5.16. The number of unbranched alkanes of at least 4 members (excludes halogenated alkanes) is 2. The van der Waals surface area contributed by atoms with Crippen molar-refractivity contribution in [1.82, 2.24) is 0 Å². The highest BCUT2D eigenvalue weighted by Gasteiger charge is 2.15. The van der Waals surface area contributed by atoms with E-state index in [1.807, 2.05) is 0 Å². The van der Waals surface area contributed by atoms with Gasteiger partial charge in [0.05, 0.1) is 0 Å². The molecule has 1 atom stereocenters. The third-order valence-electron chi connectivity index (χ3n) is 3.24. The standard InChI is InChI=1S/C15H24O/c1-4-5-6-7-15(12(2)3)13-8-10-14(16)11-9-13/h8-12,15-16H,4-7H2,1-3H3. The quantitative estimate of drug-likeness (QED) is 0.688. The van der Waals surface area contributed by atoms with E-state index in [0.29, 0.717) is 17.6 Å². The first-order valence-corrected chi connectivity index (χ1v) is 6.44. The highest BCUT2D eigenvalue weighted by atomic mass is 16.3. The number of rotatable bonds is 6. The van der Waals surface area contributed by atoms with Crippen LogP contribution in [0.25, 0.3) is 0 Å². The number of aromatic hydroxyl groups is 1. The topological polar surface area (TPSA) is 20.2 Å². The molecule has 1 heteroatoms. The molecule has 90 valence electrons. The van der Waals surface area contributed by atoms with E-state index in [1.165, 1.54) is 31.2 Å². The van der Waals surface area contributed by atoms with Gasteiger partial charge >= 0.3 is 0 Å². The van der Waals surface area contributed by atoms with Crippen LogP contribution < -0.4 is 0 Å². The molecule has 0 aliphatic rings. The Balaban J connectivity index is 2.65. The summed E-state index contributed by atoms with van der Waals surface area (Å²) in [4.78, 5) is 0. The molecular formula is C15H24O. The van der Waals surface area contributed by atoms with Crippen molar-refractivity contribution in [3.63, 3.8) is 0 Å². The van der Waals surface area contributed by atoms with Crippen LogP contribution in [0.5, 0.6) is 5.75 Å². The second kappa shape index (κ2) is 6.57. The average Bonchev–Trinajstić information content (AvgIpc) is 2.26. The van der Waals surface area contributed by atoms with Gasteiger partial charge in [0.15, 0.2) is 0 Å². The lowest BCUT2D eigenvalue weighted by molar-refractivity contribution is 0.445. The van der Waals surface area contributed by atoms with Crippen molar-refractivity contribution in [3.8, 4) is 5.75 Å². The molecule has 0 heterocycles. The Labute approximate surface area is 99.5 Å². The molecule has 1 aromatic carbocycles. The predicted octanol–water partition coefficient (Wildman–Crippen LogP) is 4.71. The maximum absolute atomic E-state index is 9.29. The molecule has 0 aromatic heterocycles. The summed E-state index contributed by atoms with van der Waals surface area (Å²) in [7, 11) is 0. The van der Waals surface area contributed by atoms with Crippen LogP contribution >= 0.6 is 0 Å². The maximum atomic E-state index is 9.29. The SMILES string of the molecule is CCCCCC(c1ccc(O)cc1)C(C)C. The minimum atomic E-state index is 0.361. The summed E-state index contributed by atoms with van der Waals surface area (Å²) < 4.78 is 0. The molecule has 0 bridgehead atoms. The number of phenols is 1. The van der Waals surface area contributed by atoms with Crippen LogP contribution in [0.2, 0.25) is 0 Å². The zero-order valence-corrected chi connectivity index (χ0v) is 10.7. The molecule has 1 N–H and O–H groups in total. The van der Waals surface area contributed by atoms with Crippen molar-refractivity contribution in [3.05, 3.63) is 29.8 Å². The van der Waals surface area contributed by atoms with Crippen LogP contribution in [-0.2, 0) is 0 Å². The van der Waals surface area contributed by atoms with Gasteiger partial charge in [0.1, 0.15) is 5.75 Å². The van der Waals surface area contributed by atoms with Crippen LogP contribution in [0.3, 0.4) is 0 Å². The van der Waals surface area contributed by atoms with Crippen molar-refractivity contribution >= 4 is 0 Å². The highest BCUT2D eigenvalue weighted by Crippen LogP contribution is 2.30. The van der Waals surface area contributed by atoms with Gasteiger partial charge in [-0.15, -0.1) is 0 Å². The van der Waals surface area contributed by atoms with E-state index in [2.05, 4.69) is 32.9 Å². The van der Waals surface area contributed by atoms with Gasteiger partial charge in [0.2, 0.25) is 0 Å². The Bertz CT molecular complexity index is 287. The predicted molar refractivity (Wildman–Crippen MR) is 69.8 cm³/mol. The smallest absolute Gasteiger partial charge is 0.115 e. The Morgan fingerprint density at radius 3 is 2.19 bits per heavy atom. The minimum absolute atomic E-state index is 0.361. The Morgan fingerprint density at radius 2 is 1.69 bits per heavy atom. The summed E-state index contributed by atoms with van der Waals surface area (Å²) in [6.45, 7) is 6.80. The fourth-order valence-corrected chi connectivity index (χ4v) is 2.22. The molecule has 16 heavy (non-hydrogen) atoms. The van der Waals surface area contributed by atoms with E-state index in [0.717, 1.165) is 0 Å². The van der Waals surface area contributed by atoms with Gasteiger partial charge in [-0.2, -0.15) is 0 Å². The van der Waals surface area contributed by atoms with Gasteiger partial charge in [0.25, 0.3) is 0 Å². The molecule has 0 radical (unpaired) electrons. The van der Waals surface area contributed by atoms with Crippen molar-refractivity contribution in [2.75, 3.05) is 0 Å². The van der Waals surface area contributed by atoms with Crippen molar-refractivity contribution < 1.29 is 5.11 Å². The van der Waals surface area contributed by atoms with Crippen molar-refractivity contribution in [2.24, 2.45) is 5.92 Å². The molecule has 1 unspecified atom stereocenters. The van der Waals surface area contributed by atoms with Crippen molar-refractivity contribution in [1.29, 1.82) is 0 Å². The minimum Gasteiger partial charge on any atom is -0.508 e. The van der Waals surface area contributed by atoms with Crippen LogP contribution in [0.15, 0.2) is 24.3 Å². The number of phenolic OH excluding ortho intramolecular Hbond substituents is 1. The van der Waals surface area contributed by atoms with Crippen LogP contribution in [0, 0.1) is 5.92 Å². The van der Waals surface area contributed by atoms with E-state index < -0.39 is 0 Å². The van der Waals surface area contributed by atoms with Gasteiger partial charge in [-0.1, -0.05) is 52.2 Å². The first-order chi connectivity index (χ1) is 7.65. The molecule has 1 rings (SSSR count). The van der Waals surface area contributed by atoms with E-state index >= 15 is 0 Å². The van der Waals surface area contributed by atoms with Crippen LogP contribution in [-0.4, -0.2) is 5.11 Å². The largest absolute Gasteiger partial charge is 0.508 e. The molecule has 0 spiro atoms. The average molecular weight is 220 g/mol. The summed E-state index contributed by atoms with van der Waals surface area (Å²) >= 11 is 0. The molecule has 0 fully saturated rings. The normalized spacial score (nSPS) is 13.0. The zero-order chi connectivity index (χ0) is 12.0. The Hall–Kier alpha value is -0.980. The molecule has 0 amide bonds. The molecular weight excluding hydrogens is 196 g/mol. The third-order valence-corrected chi connectivity index (χ3v) is 3.24. The first-order valence-electron chi connectivity index (χ1n) is 6.44. The second-order valence-electron chi connectivity index (χ2n) is 4.94. The first kappa shape index (κ1) is 13.1. The lowest BCUT2D eigenvalue weighted by atomic mass is 9.84. The van der Waals surface area contributed by atoms with Gasteiger partial charge in [0, 0.05) is 0 Å². The molecule has 0 aliphatic heterocycles. The van der Waals surface area contributed by atoms with Crippen molar-refractivity contribution in [2.45, 2.75) is 52.4 Å². The zero-order valence-electron chi connectivity index (χ0n) is 10.7. The highest BCUT2D eigenvalue weighted by molar-refractivity contribution is 5.28. The molecule has 0 saturated heterocycles. The van der Waals surface area contributed by atoms with Gasteiger partial charge in [-0.25, -0.2) is 0 Å². The summed E-state index contributed by atoms with van der Waals surface area (Å²) in [5.41, 5.74) is 1.36. The fraction of sp³-hybridized carbons (Fsp3) is 0.600. The number of benzene rings is 1. The van der Waals surface area contributed by atoms with E-state index in [-0.39, 0.29) is 0 Å². The maximum Gasteiger partial charge on any atom is 0.115 e. The summed E-state index contributed by atoms with van der Waals surface area (Å²) in [6, 6.07) is 7.72. The van der Waals surface area contributed by atoms with E-state index in [1.54, 1.807) is 12.1 Å². The van der Waals surface area contributed by atoms with E-state index in [9.17, 15) is 5.11 Å². The number of hydrogen-bond acceptors (Lipinski definition) is 1. The second-order valence-corrected chi connectivity index (χ2v) is 4.94. The summed E-state index contributed by atoms with van der Waals surface area (Å²) in [5.74, 6) is 1.66. The fourth-order valence-electron chi connectivity index (χ4n) is 2.22. The number of hydrogen-bond donors (Lipinski definition) is 1. The van der Waals surface area contributed by atoms with Crippen LogP contribution in [0.4, 0.5) is 0 Å². The monoisotopic (exact) mass is 220 g/mol. The molecule has 0 saturated carbocycles.